The quantitative estimate of drug-likeness (QED) is 0.670. The lowest BCUT2D eigenvalue weighted by Gasteiger charge is -2.32. The lowest BCUT2D eigenvalue weighted by molar-refractivity contribution is -0.125. The summed E-state index contributed by atoms with van der Waals surface area (Å²) in [6.45, 7) is 1.65. The fourth-order valence-electron chi connectivity index (χ4n) is 4.32. The van der Waals surface area contributed by atoms with Crippen LogP contribution in [0, 0.1) is 5.92 Å². The largest absolute Gasteiger partial charge is 0.497 e. The highest BCUT2D eigenvalue weighted by atomic mass is 32.2. The number of amides is 2. The first-order chi connectivity index (χ1) is 15.7. The zero-order chi connectivity index (χ0) is 23.8. The second-order valence-corrected chi connectivity index (χ2v) is 10.8. The first-order valence-electron chi connectivity index (χ1n) is 11.1. The van der Waals surface area contributed by atoms with Crippen molar-refractivity contribution in [3.8, 4) is 5.75 Å². The van der Waals surface area contributed by atoms with Crippen LogP contribution in [0.5, 0.6) is 5.75 Å². The summed E-state index contributed by atoms with van der Waals surface area (Å²) in [5.74, 6) is 0.345. The summed E-state index contributed by atoms with van der Waals surface area (Å²) < 4.78 is 32.4. The molecule has 1 aliphatic carbocycles. The van der Waals surface area contributed by atoms with Gasteiger partial charge < -0.3 is 15.0 Å². The Kier molecular flexibility index (Phi) is 6.45. The van der Waals surface area contributed by atoms with Crippen LogP contribution >= 0.6 is 0 Å². The van der Waals surface area contributed by atoms with Crippen LogP contribution in [0.1, 0.15) is 31.7 Å². The van der Waals surface area contributed by atoms with Crippen molar-refractivity contribution in [3.63, 3.8) is 0 Å². The second-order valence-electron chi connectivity index (χ2n) is 8.72. The van der Waals surface area contributed by atoms with Gasteiger partial charge in [-0.3, -0.25) is 9.59 Å². The number of anilines is 2. The van der Waals surface area contributed by atoms with Crippen molar-refractivity contribution < 1.29 is 22.7 Å². The number of nitrogens with one attached hydrogen (secondary N) is 1. The third-order valence-corrected chi connectivity index (χ3v) is 8.19. The molecule has 8 nitrogen and oxygen atoms in total. The van der Waals surface area contributed by atoms with E-state index in [1.165, 1.54) is 20.2 Å². The lowest BCUT2D eigenvalue weighted by Crippen LogP contribution is -2.42. The molecule has 1 saturated carbocycles. The van der Waals surface area contributed by atoms with E-state index >= 15 is 0 Å². The number of nitrogens with zero attached hydrogens (tertiary/aromatic N) is 2. The molecule has 0 spiro atoms. The molecule has 2 aliphatic rings. The van der Waals surface area contributed by atoms with Gasteiger partial charge in [-0.2, -0.15) is 4.31 Å². The molecule has 1 fully saturated rings. The average molecular weight is 472 g/mol. The van der Waals surface area contributed by atoms with Gasteiger partial charge in [-0.05, 0) is 62.1 Å². The maximum absolute atomic E-state index is 13.1. The summed E-state index contributed by atoms with van der Waals surface area (Å²) in [7, 11) is -0.975. The van der Waals surface area contributed by atoms with Crippen LogP contribution in [-0.4, -0.2) is 51.3 Å². The van der Waals surface area contributed by atoms with Crippen LogP contribution in [0.15, 0.2) is 47.4 Å². The molecule has 1 aliphatic heterocycles. The molecule has 0 unspecified atom stereocenters. The fourth-order valence-corrected chi connectivity index (χ4v) is 5.50. The molecule has 0 saturated heterocycles. The molecule has 9 heteroatoms. The predicted octanol–water partition coefficient (Wildman–Crippen LogP) is 3.03. The molecule has 1 N–H and O–H groups in total. The van der Waals surface area contributed by atoms with Gasteiger partial charge in [0.05, 0.1) is 18.6 Å². The molecule has 4 rings (SSSR count). The topological polar surface area (TPSA) is 96.0 Å². The normalized spacial score (nSPS) is 18.1. The molecule has 0 aromatic heterocycles. The molecular formula is C24H29N3O5S. The minimum Gasteiger partial charge on any atom is -0.497 e. The standard InChI is InChI=1S/C24H29N3O5S/c1-16-12-18-13-21(10-11-22(18)27(16)24(29)17-6-4-7-17)33(30,31)26(2)15-23(28)25-19-8-5-9-20(14-19)32-3/h5,8-11,13-14,16-17H,4,6-7,12,15H2,1-3H3,(H,25,28)/t16-/m1/s1. The maximum Gasteiger partial charge on any atom is 0.243 e. The van der Waals surface area contributed by atoms with Crippen molar-refractivity contribution in [3.05, 3.63) is 48.0 Å². The number of sulfonamides is 1. The van der Waals surface area contributed by atoms with Gasteiger partial charge in [0, 0.05) is 36.4 Å². The number of methoxy groups -OCH3 is 1. The van der Waals surface area contributed by atoms with Crippen LogP contribution < -0.4 is 15.0 Å². The number of fused-ring (bicyclic) bond motifs is 1. The minimum absolute atomic E-state index is 0.00238. The lowest BCUT2D eigenvalue weighted by atomic mass is 9.84. The Balaban J connectivity index is 1.47. The maximum atomic E-state index is 13.1. The van der Waals surface area contributed by atoms with Crippen LogP contribution in [0.25, 0.3) is 0 Å². The summed E-state index contributed by atoms with van der Waals surface area (Å²) in [6, 6.07) is 11.7. The van der Waals surface area contributed by atoms with E-state index in [1.807, 2.05) is 11.8 Å². The number of ether oxygens (including phenoxy) is 1. The Labute approximate surface area is 194 Å². The predicted molar refractivity (Wildman–Crippen MR) is 126 cm³/mol. The van der Waals surface area contributed by atoms with Crippen molar-refractivity contribution in [2.24, 2.45) is 5.92 Å². The van der Waals surface area contributed by atoms with Gasteiger partial charge in [-0.1, -0.05) is 12.5 Å². The Morgan fingerprint density at radius 2 is 1.94 bits per heavy atom. The molecular weight excluding hydrogens is 442 g/mol. The van der Waals surface area contributed by atoms with Gasteiger partial charge >= 0.3 is 0 Å². The van der Waals surface area contributed by atoms with E-state index in [2.05, 4.69) is 5.32 Å². The second kappa shape index (κ2) is 9.15. The highest BCUT2D eigenvalue weighted by Gasteiger charge is 2.37. The average Bonchev–Trinajstić information content (AvgIpc) is 3.07. The van der Waals surface area contributed by atoms with Gasteiger partial charge in [0.15, 0.2) is 0 Å². The van der Waals surface area contributed by atoms with E-state index in [0.717, 1.165) is 34.8 Å². The Morgan fingerprint density at radius 3 is 2.61 bits per heavy atom. The molecule has 2 aromatic rings. The zero-order valence-corrected chi connectivity index (χ0v) is 19.9. The third-order valence-electron chi connectivity index (χ3n) is 6.39. The van der Waals surface area contributed by atoms with E-state index in [1.54, 1.807) is 36.4 Å². The molecule has 1 heterocycles. The molecule has 0 bridgehead atoms. The summed E-state index contributed by atoms with van der Waals surface area (Å²) in [5, 5.41) is 2.69. The monoisotopic (exact) mass is 471 g/mol. The number of carbonyl (C=O) groups is 2. The van der Waals surface area contributed by atoms with Crippen LogP contribution in [0.2, 0.25) is 0 Å². The van der Waals surface area contributed by atoms with Crippen LogP contribution in [0.4, 0.5) is 11.4 Å². The zero-order valence-electron chi connectivity index (χ0n) is 19.1. The number of hydrogen-bond donors (Lipinski definition) is 1. The number of carbonyl (C=O) groups excluding carboxylic acids is 2. The first-order valence-corrected chi connectivity index (χ1v) is 12.5. The molecule has 2 amide bonds. The Bertz CT molecular complexity index is 1180. The number of benzene rings is 2. The van der Waals surface area contributed by atoms with Crippen LogP contribution in [-0.2, 0) is 26.0 Å². The van der Waals surface area contributed by atoms with Crippen molar-refractivity contribution in [1.82, 2.24) is 4.31 Å². The van der Waals surface area contributed by atoms with E-state index < -0.39 is 15.9 Å². The van der Waals surface area contributed by atoms with Gasteiger partial charge in [0.1, 0.15) is 5.75 Å². The molecule has 33 heavy (non-hydrogen) atoms. The van der Waals surface area contributed by atoms with Crippen LogP contribution in [0.3, 0.4) is 0 Å². The van der Waals surface area contributed by atoms with Gasteiger partial charge in [-0.25, -0.2) is 8.42 Å². The van der Waals surface area contributed by atoms with Crippen molar-refractivity contribution in [1.29, 1.82) is 0 Å². The molecule has 176 valence electrons. The highest BCUT2D eigenvalue weighted by Crippen LogP contribution is 2.38. The summed E-state index contributed by atoms with van der Waals surface area (Å²) in [4.78, 5) is 27.2. The number of hydrogen-bond acceptors (Lipinski definition) is 5. The number of likely N-dealkylation sites (N-methyl/N-ethyl adjacent to an activating group) is 1. The first kappa shape index (κ1) is 23.3. The van der Waals surface area contributed by atoms with Gasteiger partial charge in [0.2, 0.25) is 21.8 Å². The molecule has 2 aromatic carbocycles. The van der Waals surface area contributed by atoms with Gasteiger partial charge in [-0.15, -0.1) is 0 Å². The third kappa shape index (κ3) is 4.60. The van der Waals surface area contributed by atoms with E-state index in [-0.39, 0.29) is 29.3 Å². The summed E-state index contributed by atoms with van der Waals surface area (Å²) in [5.41, 5.74) is 2.15. The molecule has 1 atom stereocenters. The minimum atomic E-state index is -3.88. The smallest absolute Gasteiger partial charge is 0.243 e. The fraction of sp³-hybridized carbons (Fsp3) is 0.417. The molecule has 0 radical (unpaired) electrons. The van der Waals surface area contributed by atoms with Gasteiger partial charge in [0.25, 0.3) is 0 Å². The SMILES string of the molecule is COc1cccc(NC(=O)CN(C)S(=O)(=O)c2ccc3c(c2)C[C@@H](C)N3C(=O)C2CCC2)c1. The van der Waals surface area contributed by atoms with Crippen molar-refractivity contribution in [2.75, 3.05) is 30.9 Å². The van der Waals surface area contributed by atoms with E-state index in [9.17, 15) is 18.0 Å². The van der Waals surface area contributed by atoms with E-state index in [4.69, 9.17) is 4.74 Å². The van der Waals surface area contributed by atoms with E-state index in [0.29, 0.717) is 17.9 Å². The Hall–Kier alpha value is -2.91. The van der Waals surface area contributed by atoms with Crippen molar-refractivity contribution >= 4 is 33.2 Å². The summed E-state index contributed by atoms with van der Waals surface area (Å²) in [6.07, 6.45) is 3.54. The highest BCUT2D eigenvalue weighted by molar-refractivity contribution is 7.89. The summed E-state index contributed by atoms with van der Waals surface area (Å²) >= 11 is 0. The number of rotatable bonds is 7. The Morgan fingerprint density at radius 1 is 1.18 bits per heavy atom. The van der Waals surface area contributed by atoms with Crippen molar-refractivity contribution in [2.45, 2.75) is 43.5 Å².